The van der Waals surface area contributed by atoms with Gasteiger partial charge in [0.15, 0.2) is 0 Å². The summed E-state index contributed by atoms with van der Waals surface area (Å²) in [5.41, 5.74) is -0.244. The SMILES string of the molecule is O=[N+]([O-])C(Cl)C(=Nc1ccc(F)cc1)n1nnc2ccccc21. The lowest BCUT2D eigenvalue weighted by Crippen LogP contribution is -2.30. The van der Waals surface area contributed by atoms with E-state index < -0.39 is 16.2 Å². The lowest BCUT2D eigenvalue weighted by molar-refractivity contribution is -0.480. The molecule has 7 nitrogen and oxygen atoms in total. The smallest absolute Gasteiger partial charge is 0.262 e. The number of nitrogens with zero attached hydrogens (tertiary/aromatic N) is 5. The van der Waals surface area contributed by atoms with Gasteiger partial charge in [0.1, 0.15) is 11.3 Å². The Kier molecular flexibility index (Phi) is 3.98. The molecule has 1 unspecified atom stereocenters. The molecule has 3 rings (SSSR count). The molecule has 1 heterocycles. The van der Waals surface area contributed by atoms with Gasteiger partial charge in [0.25, 0.3) is 0 Å². The van der Waals surface area contributed by atoms with E-state index in [1.807, 2.05) is 0 Å². The van der Waals surface area contributed by atoms with Crippen LogP contribution < -0.4 is 0 Å². The zero-order valence-electron chi connectivity index (χ0n) is 11.5. The number of rotatable bonds is 3. The summed E-state index contributed by atoms with van der Waals surface area (Å²) in [6.45, 7) is 0. The van der Waals surface area contributed by atoms with Crippen molar-refractivity contribution in [1.82, 2.24) is 15.0 Å². The van der Waals surface area contributed by atoms with Crippen LogP contribution in [0.2, 0.25) is 0 Å². The van der Waals surface area contributed by atoms with E-state index in [9.17, 15) is 14.5 Å². The van der Waals surface area contributed by atoms with Crippen LogP contribution in [0.4, 0.5) is 10.1 Å². The number of benzene rings is 2. The summed E-state index contributed by atoms with van der Waals surface area (Å²) in [5.74, 6) is -0.564. The number of fused-ring (bicyclic) bond motifs is 1. The number of para-hydroxylation sites is 1. The first-order chi connectivity index (χ1) is 11.1. The minimum Gasteiger partial charge on any atom is -0.262 e. The molecule has 23 heavy (non-hydrogen) atoms. The van der Waals surface area contributed by atoms with Gasteiger partial charge in [0.05, 0.1) is 11.2 Å². The van der Waals surface area contributed by atoms with E-state index in [1.54, 1.807) is 24.3 Å². The van der Waals surface area contributed by atoms with Crippen molar-refractivity contribution in [2.75, 3.05) is 0 Å². The van der Waals surface area contributed by atoms with Gasteiger partial charge in [0.2, 0.25) is 5.84 Å². The molecule has 1 aromatic heterocycles. The number of hydrogen-bond donors (Lipinski definition) is 0. The molecule has 2 aromatic carbocycles. The maximum absolute atomic E-state index is 13.0. The topological polar surface area (TPSA) is 86.2 Å². The summed E-state index contributed by atoms with van der Waals surface area (Å²) in [6.07, 6.45) is 0. The van der Waals surface area contributed by atoms with Crippen LogP contribution in [-0.4, -0.2) is 31.3 Å². The molecule has 0 fully saturated rings. The number of alkyl halides is 1. The molecule has 0 radical (unpaired) electrons. The lowest BCUT2D eigenvalue weighted by Gasteiger charge is -2.07. The summed E-state index contributed by atoms with van der Waals surface area (Å²) in [7, 11) is 0. The van der Waals surface area contributed by atoms with Crippen LogP contribution >= 0.6 is 11.6 Å². The maximum atomic E-state index is 13.0. The highest BCUT2D eigenvalue weighted by molar-refractivity contribution is 6.31. The second-order valence-electron chi connectivity index (χ2n) is 4.56. The van der Waals surface area contributed by atoms with Crippen LogP contribution in [-0.2, 0) is 0 Å². The molecule has 0 spiro atoms. The van der Waals surface area contributed by atoms with Crippen LogP contribution in [0.15, 0.2) is 53.5 Å². The van der Waals surface area contributed by atoms with Crippen molar-refractivity contribution < 1.29 is 9.31 Å². The maximum Gasteiger partial charge on any atom is 0.345 e. The predicted molar refractivity (Wildman–Crippen MR) is 83.1 cm³/mol. The fourth-order valence-electron chi connectivity index (χ4n) is 1.98. The second kappa shape index (κ2) is 6.09. The zero-order valence-corrected chi connectivity index (χ0v) is 12.3. The summed E-state index contributed by atoms with van der Waals surface area (Å²) in [6, 6.07) is 12.1. The van der Waals surface area contributed by atoms with E-state index in [1.165, 1.54) is 28.9 Å². The Hall–Kier alpha value is -2.87. The quantitative estimate of drug-likeness (QED) is 0.184. The molecule has 1 atom stereocenters. The fourth-order valence-corrected chi connectivity index (χ4v) is 2.12. The highest BCUT2D eigenvalue weighted by Gasteiger charge is 2.28. The van der Waals surface area contributed by atoms with E-state index in [0.717, 1.165) is 0 Å². The normalized spacial score (nSPS) is 13.2. The third kappa shape index (κ3) is 3.02. The van der Waals surface area contributed by atoms with E-state index >= 15 is 0 Å². The van der Waals surface area contributed by atoms with Crippen molar-refractivity contribution in [2.45, 2.75) is 5.50 Å². The average molecular weight is 334 g/mol. The Morgan fingerprint density at radius 2 is 1.96 bits per heavy atom. The number of halogens is 2. The second-order valence-corrected chi connectivity index (χ2v) is 4.97. The Morgan fingerprint density at radius 3 is 2.65 bits per heavy atom. The molecular formula is C14H9ClFN5O2. The number of nitro groups is 1. The van der Waals surface area contributed by atoms with Crippen LogP contribution in [0.1, 0.15) is 0 Å². The third-order valence-electron chi connectivity index (χ3n) is 3.04. The van der Waals surface area contributed by atoms with Gasteiger partial charge in [-0.1, -0.05) is 17.3 Å². The number of hydrogen-bond acceptors (Lipinski definition) is 5. The molecule has 3 aromatic rings. The van der Waals surface area contributed by atoms with Crippen LogP contribution in [0, 0.1) is 15.9 Å². The molecule has 0 aliphatic heterocycles. The summed E-state index contributed by atoms with van der Waals surface area (Å²) in [4.78, 5) is 14.5. The van der Waals surface area contributed by atoms with E-state index in [4.69, 9.17) is 11.6 Å². The standard InChI is InChI=1S/C14H9ClFN5O2/c15-13(21(22)23)14(17-10-7-5-9(16)6-8-10)20-12-4-2-1-3-11(12)18-19-20/h1-8,13H. The van der Waals surface area contributed by atoms with Gasteiger partial charge in [-0.3, -0.25) is 10.1 Å². The van der Waals surface area contributed by atoms with Crippen LogP contribution in [0.5, 0.6) is 0 Å². The minimum atomic E-state index is -1.63. The van der Waals surface area contributed by atoms with Gasteiger partial charge >= 0.3 is 5.50 Å². The Balaban J connectivity index is 2.16. The van der Waals surface area contributed by atoms with E-state index in [0.29, 0.717) is 16.7 Å². The summed E-state index contributed by atoms with van der Waals surface area (Å²) >= 11 is 5.86. The van der Waals surface area contributed by atoms with Crippen molar-refractivity contribution in [3.05, 3.63) is 64.5 Å². The van der Waals surface area contributed by atoms with E-state index in [2.05, 4.69) is 15.3 Å². The van der Waals surface area contributed by atoms with Gasteiger partial charge in [-0.2, -0.15) is 4.68 Å². The summed E-state index contributed by atoms with van der Waals surface area (Å²) in [5, 5.41) is 18.9. The van der Waals surface area contributed by atoms with E-state index in [-0.39, 0.29) is 5.84 Å². The van der Waals surface area contributed by atoms with Gasteiger partial charge in [-0.25, -0.2) is 9.38 Å². The number of aliphatic imine (C=N–C) groups is 1. The van der Waals surface area contributed by atoms with Crippen molar-refractivity contribution in [3.8, 4) is 0 Å². The molecule has 0 aliphatic carbocycles. The highest BCUT2D eigenvalue weighted by atomic mass is 35.5. The Morgan fingerprint density at radius 1 is 1.26 bits per heavy atom. The fraction of sp³-hybridized carbons (Fsp3) is 0.0714. The average Bonchev–Trinajstić information content (AvgIpc) is 2.97. The largest absolute Gasteiger partial charge is 0.345 e. The zero-order chi connectivity index (χ0) is 16.4. The lowest BCUT2D eigenvalue weighted by atomic mass is 10.3. The third-order valence-corrected chi connectivity index (χ3v) is 3.39. The van der Waals surface area contributed by atoms with Crippen molar-refractivity contribution in [2.24, 2.45) is 4.99 Å². The van der Waals surface area contributed by atoms with Crippen LogP contribution in [0.25, 0.3) is 11.0 Å². The highest BCUT2D eigenvalue weighted by Crippen LogP contribution is 2.18. The van der Waals surface area contributed by atoms with Gasteiger partial charge in [0, 0.05) is 4.92 Å². The molecule has 0 saturated heterocycles. The van der Waals surface area contributed by atoms with Gasteiger partial charge in [-0.15, -0.1) is 5.10 Å². The molecule has 0 amide bonds. The first-order valence-corrected chi connectivity index (χ1v) is 6.92. The van der Waals surface area contributed by atoms with Crippen molar-refractivity contribution >= 4 is 34.2 Å². The van der Waals surface area contributed by atoms with Crippen molar-refractivity contribution in [3.63, 3.8) is 0 Å². The molecule has 116 valence electrons. The molecular weight excluding hydrogens is 325 g/mol. The summed E-state index contributed by atoms with van der Waals surface area (Å²) < 4.78 is 14.2. The molecule has 0 saturated carbocycles. The minimum absolute atomic E-state index is 0.128. The molecule has 0 aliphatic rings. The predicted octanol–water partition coefficient (Wildman–Crippen LogP) is 2.99. The molecule has 9 heteroatoms. The monoisotopic (exact) mass is 333 g/mol. The van der Waals surface area contributed by atoms with Gasteiger partial charge < -0.3 is 0 Å². The number of aromatic nitrogens is 3. The molecule has 0 bridgehead atoms. The first-order valence-electron chi connectivity index (χ1n) is 6.49. The van der Waals surface area contributed by atoms with Crippen LogP contribution in [0.3, 0.4) is 0 Å². The van der Waals surface area contributed by atoms with Gasteiger partial charge in [-0.05, 0) is 48.0 Å². The Bertz CT molecular complexity index is 894. The molecule has 0 N–H and O–H groups in total. The first kappa shape index (κ1) is 15.0. The Labute approximate surface area is 134 Å². The van der Waals surface area contributed by atoms with Crippen molar-refractivity contribution in [1.29, 1.82) is 0 Å².